The lowest BCUT2D eigenvalue weighted by Gasteiger charge is -2.10. The molecule has 3 heteroatoms. The van der Waals surface area contributed by atoms with E-state index in [1.807, 2.05) is 26.1 Å². The summed E-state index contributed by atoms with van der Waals surface area (Å²) in [6.07, 6.45) is 2.93. The number of hydrogen-bond acceptors (Lipinski definition) is 2. The van der Waals surface area contributed by atoms with E-state index in [2.05, 4.69) is 17.2 Å². The number of hydrogen-bond donors (Lipinski definition) is 1. The molecule has 1 aliphatic carbocycles. The summed E-state index contributed by atoms with van der Waals surface area (Å²) in [4.78, 5) is 0. The lowest BCUT2D eigenvalue weighted by Crippen LogP contribution is -2.02. The molecular weight excluding hydrogens is 224 g/mol. The first-order chi connectivity index (χ1) is 8.65. The molecule has 1 heterocycles. The predicted molar refractivity (Wildman–Crippen MR) is 70.5 cm³/mol. The molecule has 0 aliphatic heterocycles. The van der Waals surface area contributed by atoms with Crippen molar-refractivity contribution in [3.05, 3.63) is 52.3 Å². The molecule has 2 aromatic rings. The van der Waals surface area contributed by atoms with Gasteiger partial charge in [0.2, 0.25) is 0 Å². The van der Waals surface area contributed by atoms with Crippen LogP contribution >= 0.6 is 0 Å². The highest BCUT2D eigenvalue weighted by Gasteiger charge is 2.17. The number of benzene rings is 1. The topological polar surface area (TPSA) is 38.1 Å². The fraction of sp³-hybridized carbons (Fsp3) is 0.400. The van der Waals surface area contributed by atoms with Gasteiger partial charge in [-0.15, -0.1) is 0 Å². The smallest absolute Gasteiger partial charge is 0.123 e. The van der Waals surface area contributed by atoms with E-state index in [1.54, 1.807) is 4.68 Å². The normalized spacial score (nSPS) is 15.7. The van der Waals surface area contributed by atoms with Gasteiger partial charge in [0, 0.05) is 12.7 Å². The number of aliphatic hydroxyl groups excluding tert-OH is 1. The molecule has 1 aliphatic rings. The SMILES string of the molecule is Cc1cc(C(O)c2ccc3c(c2)CCC3)nn1C. The van der Waals surface area contributed by atoms with Crippen LogP contribution in [0.15, 0.2) is 24.3 Å². The van der Waals surface area contributed by atoms with Gasteiger partial charge in [0.15, 0.2) is 0 Å². The zero-order valence-corrected chi connectivity index (χ0v) is 10.8. The number of fused-ring (bicyclic) bond motifs is 1. The fourth-order valence-electron chi connectivity index (χ4n) is 2.65. The molecule has 1 aromatic carbocycles. The lowest BCUT2D eigenvalue weighted by atomic mass is 10.0. The Bertz CT molecular complexity index is 567. The van der Waals surface area contributed by atoms with Crippen LogP contribution in [-0.2, 0) is 19.9 Å². The van der Waals surface area contributed by atoms with Gasteiger partial charge in [0.1, 0.15) is 6.10 Å². The average Bonchev–Trinajstić information content (AvgIpc) is 2.95. The second kappa shape index (κ2) is 4.25. The van der Waals surface area contributed by atoms with Gasteiger partial charge in [-0.05, 0) is 48.9 Å². The predicted octanol–water partition coefficient (Wildman–Crippen LogP) is 2.30. The lowest BCUT2D eigenvalue weighted by molar-refractivity contribution is 0.214. The van der Waals surface area contributed by atoms with Crippen molar-refractivity contribution in [3.63, 3.8) is 0 Å². The summed E-state index contributed by atoms with van der Waals surface area (Å²) in [6.45, 7) is 1.99. The highest BCUT2D eigenvalue weighted by atomic mass is 16.3. The van der Waals surface area contributed by atoms with Gasteiger partial charge in [-0.2, -0.15) is 5.10 Å². The Morgan fingerprint density at radius 2 is 2.00 bits per heavy atom. The van der Waals surface area contributed by atoms with Crippen LogP contribution in [0.2, 0.25) is 0 Å². The van der Waals surface area contributed by atoms with E-state index in [4.69, 9.17) is 0 Å². The first-order valence-corrected chi connectivity index (χ1v) is 6.45. The number of aliphatic hydroxyl groups is 1. The second-order valence-corrected chi connectivity index (χ2v) is 5.12. The summed E-state index contributed by atoms with van der Waals surface area (Å²) >= 11 is 0. The maximum absolute atomic E-state index is 10.4. The second-order valence-electron chi connectivity index (χ2n) is 5.12. The number of aromatic nitrogens is 2. The molecular formula is C15H18N2O. The molecule has 0 bridgehead atoms. The monoisotopic (exact) mass is 242 g/mol. The van der Waals surface area contributed by atoms with E-state index in [1.165, 1.54) is 24.0 Å². The Morgan fingerprint density at radius 1 is 1.22 bits per heavy atom. The molecule has 1 atom stereocenters. The molecule has 1 N–H and O–H groups in total. The molecule has 0 radical (unpaired) electrons. The van der Waals surface area contributed by atoms with Crippen LogP contribution in [0.25, 0.3) is 0 Å². The van der Waals surface area contributed by atoms with Crippen LogP contribution in [0.1, 0.15) is 40.6 Å². The molecule has 1 aromatic heterocycles. The van der Waals surface area contributed by atoms with Gasteiger partial charge in [-0.1, -0.05) is 18.2 Å². The standard InChI is InChI=1S/C15H18N2O/c1-10-8-14(16-17(10)2)15(18)13-7-6-11-4-3-5-12(11)9-13/h6-9,15,18H,3-5H2,1-2H3. The zero-order chi connectivity index (χ0) is 12.7. The quantitative estimate of drug-likeness (QED) is 0.877. The van der Waals surface area contributed by atoms with Crippen molar-refractivity contribution in [1.82, 2.24) is 9.78 Å². The van der Waals surface area contributed by atoms with E-state index >= 15 is 0 Å². The zero-order valence-electron chi connectivity index (χ0n) is 10.8. The highest BCUT2D eigenvalue weighted by molar-refractivity contribution is 5.38. The fourth-order valence-corrected chi connectivity index (χ4v) is 2.65. The number of nitrogens with zero attached hydrogens (tertiary/aromatic N) is 2. The molecule has 0 saturated heterocycles. The van der Waals surface area contributed by atoms with E-state index in [-0.39, 0.29) is 0 Å². The largest absolute Gasteiger partial charge is 0.382 e. The Balaban J connectivity index is 1.94. The highest BCUT2D eigenvalue weighted by Crippen LogP contribution is 2.28. The van der Waals surface area contributed by atoms with Crippen LogP contribution < -0.4 is 0 Å². The van der Waals surface area contributed by atoms with Gasteiger partial charge in [0.05, 0.1) is 5.69 Å². The van der Waals surface area contributed by atoms with E-state index < -0.39 is 6.10 Å². The summed E-state index contributed by atoms with van der Waals surface area (Å²) in [5.74, 6) is 0. The Kier molecular flexibility index (Phi) is 2.71. The van der Waals surface area contributed by atoms with Gasteiger partial charge in [-0.3, -0.25) is 4.68 Å². The van der Waals surface area contributed by atoms with Crippen molar-refractivity contribution in [2.75, 3.05) is 0 Å². The average molecular weight is 242 g/mol. The van der Waals surface area contributed by atoms with Crippen molar-refractivity contribution in [3.8, 4) is 0 Å². The van der Waals surface area contributed by atoms with E-state index in [0.717, 1.165) is 23.4 Å². The van der Waals surface area contributed by atoms with Crippen molar-refractivity contribution in [2.24, 2.45) is 7.05 Å². The summed E-state index contributed by atoms with van der Waals surface area (Å²) in [7, 11) is 1.90. The third-order valence-corrected chi connectivity index (χ3v) is 3.85. The Hall–Kier alpha value is -1.61. The minimum Gasteiger partial charge on any atom is -0.382 e. The van der Waals surface area contributed by atoms with Crippen LogP contribution in [0, 0.1) is 6.92 Å². The van der Waals surface area contributed by atoms with Gasteiger partial charge < -0.3 is 5.11 Å². The Morgan fingerprint density at radius 3 is 2.72 bits per heavy atom. The molecule has 94 valence electrons. The molecule has 3 rings (SSSR count). The van der Waals surface area contributed by atoms with Crippen LogP contribution in [0.3, 0.4) is 0 Å². The molecule has 0 saturated carbocycles. The first-order valence-electron chi connectivity index (χ1n) is 6.45. The molecule has 0 spiro atoms. The summed E-state index contributed by atoms with van der Waals surface area (Å²) in [6, 6.07) is 8.25. The molecule has 1 unspecified atom stereocenters. The van der Waals surface area contributed by atoms with Gasteiger partial charge in [0.25, 0.3) is 0 Å². The third-order valence-electron chi connectivity index (χ3n) is 3.85. The minimum atomic E-state index is -0.615. The van der Waals surface area contributed by atoms with Crippen molar-refractivity contribution < 1.29 is 5.11 Å². The van der Waals surface area contributed by atoms with E-state index in [0.29, 0.717) is 0 Å². The number of rotatable bonds is 2. The molecule has 18 heavy (non-hydrogen) atoms. The van der Waals surface area contributed by atoms with Crippen molar-refractivity contribution >= 4 is 0 Å². The van der Waals surface area contributed by atoms with Crippen molar-refractivity contribution in [2.45, 2.75) is 32.3 Å². The molecule has 0 amide bonds. The third kappa shape index (κ3) is 1.85. The van der Waals surface area contributed by atoms with Gasteiger partial charge >= 0.3 is 0 Å². The summed E-state index contributed by atoms with van der Waals surface area (Å²) < 4.78 is 1.80. The van der Waals surface area contributed by atoms with Crippen LogP contribution in [-0.4, -0.2) is 14.9 Å². The van der Waals surface area contributed by atoms with Crippen LogP contribution in [0.4, 0.5) is 0 Å². The maximum Gasteiger partial charge on any atom is 0.123 e. The Labute approximate surface area is 107 Å². The molecule has 0 fully saturated rings. The minimum absolute atomic E-state index is 0.615. The van der Waals surface area contributed by atoms with Gasteiger partial charge in [-0.25, -0.2) is 0 Å². The van der Waals surface area contributed by atoms with Crippen molar-refractivity contribution in [1.29, 1.82) is 0 Å². The summed E-state index contributed by atoms with van der Waals surface area (Å²) in [5.41, 5.74) is 5.56. The first kappa shape index (κ1) is 11.5. The number of aryl methyl sites for hydroxylation is 4. The molecule has 3 nitrogen and oxygen atoms in total. The van der Waals surface area contributed by atoms with Crippen LogP contribution in [0.5, 0.6) is 0 Å². The summed E-state index contributed by atoms with van der Waals surface area (Å²) in [5, 5.41) is 14.7. The van der Waals surface area contributed by atoms with E-state index in [9.17, 15) is 5.11 Å². The maximum atomic E-state index is 10.4.